The zero-order chi connectivity index (χ0) is 12.8. The lowest BCUT2D eigenvalue weighted by Crippen LogP contribution is -2.44. The molecule has 6 nitrogen and oxygen atoms in total. The van der Waals surface area contributed by atoms with E-state index in [-0.39, 0.29) is 0 Å². The molecule has 0 saturated heterocycles. The van der Waals surface area contributed by atoms with E-state index in [2.05, 4.69) is 4.52 Å². The molecule has 0 aliphatic heterocycles. The fourth-order valence-electron chi connectivity index (χ4n) is 1.16. The van der Waals surface area contributed by atoms with Crippen LogP contribution in [0.25, 0.3) is 0 Å². The molecule has 2 N–H and O–H groups in total. The molecule has 0 fully saturated rings. The van der Waals surface area contributed by atoms with Gasteiger partial charge in [-0.1, -0.05) is 6.92 Å². The molecule has 2 unspecified atom stereocenters. The predicted octanol–water partition coefficient (Wildman–Crippen LogP) is 1.66. The van der Waals surface area contributed by atoms with Gasteiger partial charge in [0.05, 0.1) is 0 Å². The molecule has 2 atom stereocenters. The van der Waals surface area contributed by atoms with E-state index in [9.17, 15) is 4.57 Å². The summed E-state index contributed by atoms with van der Waals surface area (Å²) in [5.41, 5.74) is 0. The molecule has 0 aromatic carbocycles. The van der Waals surface area contributed by atoms with Gasteiger partial charge in [0.25, 0.3) is 0 Å². The third kappa shape index (κ3) is 5.94. The van der Waals surface area contributed by atoms with Crippen LogP contribution in [0.2, 0.25) is 0 Å². The van der Waals surface area contributed by atoms with Gasteiger partial charge in [0, 0.05) is 13.2 Å². The Morgan fingerprint density at radius 3 is 2.31 bits per heavy atom. The summed E-state index contributed by atoms with van der Waals surface area (Å²) in [5.74, 6) is -1.44. The van der Waals surface area contributed by atoms with Gasteiger partial charge < -0.3 is 19.3 Å². The van der Waals surface area contributed by atoms with E-state index in [4.69, 9.17) is 19.3 Å². The second-order valence-electron chi connectivity index (χ2n) is 3.54. The molecule has 0 aromatic heterocycles. The third-order valence-electron chi connectivity index (χ3n) is 2.05. The standard InChI is InChI=1S/C9H21O6P/c1-5-7-14-9(4,8(3)13-6-2)15-16(10,11)12/h8H,5-7H2,1-4H3,(H2,10,11,12). The Kier molecular flexibility index (Phi) is 6.70. The number of hydrogen-bond donors (Lipinski definition) is 2. The first-order valence-corrected chi connectivity index (χ1v) is 6.80. The topological polar surface area (TPSA) is 85.2 Å². The molecule has 0 amide bonds. The highest BCUT2D eigenvalue weighted by Crippen LogP contribution is 2.43. The Bertz CT molecular complexity index is 240. The van der Waals surface area contributed by atoms with E-state index in [1.165, 1.54) is 6.92 Å². The largest absolute Gasteiger partial charge is 0.472 e. The van der Waals surface area contributed by atoms with Crippen LogP contribution >= 0.6 is 7.82 Å². The fourth-order valence-corrected chi connectivity index (χ4v) is 1.83. The van der Waals surface area contributed by atoms with Gasteiger partial charge in [0.1, 0.15) is 6.10 Å². The minimum absolute atomic E-state index is 0.341. The number of phosphoric acid groups is 1. The van der Waals surface area contributed by atoms with E-state index in [1.54, 1.807) is 13.8 Å². The molecule has 0 saturated carbocycles. The van der Waals surface area contributed by atoms with E-state index in [1.807, 2.05) is 6.92 Å². The van der Waals surface area contributed by atoms with Crippen molar-refractivity contribution in [2.75, 3.05) is 13.2 Å². The van der Waals surface area contributed by atoms with Crippen molar-refractivity contribution in [1.82, 2.24) is 0 Å². The minimum atomic E-state index is -4.61. The summed E-state index contributed by atoms with van der Waals surface area (Å²) in [6.45, 7) is 7.54. The summed E-state index contributed by atoms with van der Waals surface area (Å²) in [6, 6.07) is 0. The molecule has 0 aliphatic carbocycles. The smallest absolute Gasteiger partial charge is 0.373 e. The predicted molar refractivity (Wildman–Crippen MR) is 58.9 cm³/mol. The zero-order valence-corrected chi connectivity index (χ0v) is 11.1. The van der Waals surface area contributed by atoms with Crippen molar-refractivity contribution >= 4 is 7.82 Å². The molecule has 0 radical (unpaired) electrons. The van der Waals surface area contributed by atoms with Crippen LogP contribution in [0.15, 0.2) is 0 Å². The van der Waals surface area contributed by atoms with Gasteiger partial charge in [0.2, 0.25) is 5.79 Å². The van der Waals surface area contributed by atoms with Crippen LogP contribution in [0.5, 0.6) is 0 Å². The molecule has 0 spiro atoms. The number of ether oxygens (including phenoxy) is 2. The van der Waals surface area contributed by atoms with Gasteiger partial charge in [-0.15, -0.1) is 0 Å². The van der Waals surface area contributed by atoms with Gasteiger partial charge in [-0.05, 0) is 27.2 Å². The van der Waals surface area contributed by atoms with Crippen molar-refractivity contribution in [3.8, 4) is 0 Å². The highest BCUT2D eigenvalue weighted by atomic mass is 31.2. The lowest BCUT2D eigenvalue weighted by Gasteiger charge is -2.34. The summed E-state index contributed by atoms with van der Waals surface area (Å²) >= 11 is 0. The Hall–Kier alpha value is 0.0300. The molecule has 0 aromatic rings. The average molecular weight is 256 g/mol. The monoisotopic (exact) mass is 256 g/mol. The molecular formula is C9H21O6P. The summed E-state index contributed by atoms with van der Waals surface area (Å²) in [7, 11) is -4.61. The number of hydrogen-bond acceptors (Lipinski definition) is 4. The van der Waals surface area contributed by atoms with Crippen LogP contribution in [0.1, 0.15) is 34.1 Å². The summed E-state index contributed by atoms with van der Waals surface area (Å²) < 4.78 is 26.1. The quantitative estimate of drug-likeness (QED) is 0.507. The summed E-state index contributed by atoms with van der Waals surface area (Å²) in [6.07, 6.45) is 0.149. The van der Waals surface area contributed by atoms with Crippen molar-refractivity contribution in [2.24, 2.45) is 0 Å². The first-order valence-electron chi connectivity index (χ1n) is 5.27. The van der Waals surface area contributed by atoms with Gasteiger partial charge >= 0.3 is 7.82 Å². The third-order valence-corrected chi connectivity index (χ3v) is 2.65. The van der Waals surface area contributed by atoms with E-state index >= 15 is 0 Å². The van der Waals surface area contributed by atoms with Gasteiger partial charge in [-0.3, -0.25) is 4.52 Å². The van der Waals surface area contributed by atoms with Crippen molar-refractivity contribution < 1.29 is 28.3 Å². The van der Waals surface area contributed by atoms with Crippen molar-refractivity contribution in [1.29, 1.82) is 0 Å². The number of phosphoric ester groups is 1. The average Bonchev–Trinajstić information content (AvgIpc) is 2.12. The van der Waals surface area contributed by atoms with Gasteiger partial charge in [-0.2, -0.15) is 0 Å². The highest BCUT2D eigenvalue weighted by molar-refractivity contribution is 7.46. The molecule has 0 heterocycles. The molecule has 0 aliphatic rings. The molecule has 0 bridgehead atoms. The second-order valence-corrected chi connectivity index (χ2v) is 4.71. The second kappa shape index (κ2) is 6.69. The zero-order valence-electron chi connectivity index (χ0n) is 10.2. The molecule has 0 rings (SSSR count). The first-order chi connectivity index (χ1) is 7.25. The Balaban J connectivity index is 4.65. The van der Waals surface area contributed by atoms with Crippen LogP contribution in [0.4, 0.5) is 0 Å². The van der Waals surface area contributed by atoms with Crippen molar-refractivity contribution in [2.45, 2.75) is 46.0 Å². The number of rotatable bonds is 8. The SMILES string of the molecule is CCCOC(C)(OP(=O)(O)O)C(C)OCC. The fraction of sp³-hybridized carbons (Fsp3) is 1.00. The molecule has 16 heavy (non-hydrogen) atoms. The van der Waals surface area contributed by atoms with Crippen LogP contribution in [0, 0.1) is 0 Å². The van der Waals surface area contributed by atoms with Crippen LogP contribution in [0.3, 0.4) is 0 Å². The van der Waals surface area contributed by atoms with Crippen molar-refractivity contribution in [3.05, 3.63) is 0 Å². The highest BCUT2D eigenvalue weighted by Gasteiger charge is 2.40. The minimum Gasteiger partial charge on any atom is -0.373 e. The lowest BCUT2D eigenvalue weighted by atomic mass is 10.2. The normalized spacial score (nSPS) is 18.1. The lowest BCUT2D eigenvalue weighted by molar-refractivity contribution is -0.240. The van der Waals surface area contributed by atoms with Gasteiger partial charge in [-0.25, -0.2) is 4.57 Å². The van der Waals surface area contributed by atoms with Crippen molar-refractivity contribution in [3.63, 3.8) is 0 Å². The van der Waals surface area contributed by atoms with E-state index in [0.29, 0.717) is 13.2 Å². The first kappa shape index (κ1) is 16.0. The molecular weight excluding hydrogens is 235 g/mol. The summed E-state index contributed by atoms with van der Waals surface area (Å²) in [5, 5.41) is 0. The Morgan fingerprint density at radius 1 is 1.38 bits per heavy atom. The Morgan fingerprint density at radius 2 is 1.94 bits per heavy atom. The molecule has 98 valence electrons. The maximum atomic E-state index is 10.9. The maximum Gasteiger partial charge on any atom is 0.472 e. The van der Waals surface area contributed by atoms with Crippen LogP contribution in [-0.2, 0) is 18.6 Å². The van der Waals surface area contributed by atoms with Gasteiger partial charge in [0.15, 0.2) is 0 Å². The van der Waals surface area contributed by atoms with Crippen LogP contribution < -0.4 is 0 Å². The maximum absolute atomic E-state index is 10.9. The molecule has 7 heteroatoms. The van der Waals surface area contributed by atoms with E-state index in [0.717, 1.165) is 6.42 Å². The van der Waals surface area contributed by atoms with E-state index < -0.39 is 19.7 Å². The van der Waals surface area contributed by atoms with Crippen LogP contribution in [-0.4, -0.2) is 34.9 Å². The Labute approximate surface area is 96.1 Å². The summed E-state index contributed by atoms with van der Waals surface area (Å²) in [4.78, 5) is 17.6.